The number of amides is 2. The summed E-state index contributed by atoms with van der Waals surface area (Å²) < 4.78 is 28.9. The molecule has 0 aliphatic heterocycles. The molecule has 1 atom stereocenters. The maximum Gasteiger partial charge on any atom is 0.264 e. The fraction of sp³-hybridized carbons (Fsp3) is 0.286. The molecule has 11 heteroatoms. The van der Waals surface area contributed by atoms with Gasteiger partial charge in [0.2, 0.25) is 11.8 Å². The number of hydrogen-bond acceptors (Lipinski definition) is 4. The monoisotopic (exact) mass is 609 g/mol. The molecule has 0 spiro atoms. The second-order valence-electron chi connectivity index (χ2n) is 9.10. The minimum absolute atomic E-state index is 0.000963. The Kier molecular flexibility index (Phi) is 10.3. The Balaban J connectivity index is 2.08. The van der Waals surface area contributed by atoms with Crippen LogP contribution in [-0.2, 0) is 26.2 Å². The number of benzene rings is 3. The van der Waals surface area contributed by atoms with E-state index >= 15 is 0 Å². The zero-order valence-corrected chi connectivity index (χ0v) is 25.1. The van der Waals surface area contributed by atoms with Gasteiger partial charge in [-0.2, -0.15) is 0 Å². The highest BCUT2D eigenvalue weighted by Gasteiger charge is 2.33. The topological polar surface area (TPSA) is 86.8 Å². The predicted octanol–water partition coefficient (Wildman–Crippen LogP) is 6.01. The van der Waals surface area contributed by atoms with Crippen molar-refractivity contribution in [2.75, 3.05) is 17.4 Å². The highest BCUT2D eigenvalue weighted by Crippen LogP contribution is 2.30. The van der Waals surface area contributed by atoms with Gasteiger partial charge in [0.1, 0.15) is 12.6 Å². The maximum atomic E-state index is 13.9. The first kappa shape index (κ1) is 30.8. The molecule has 1 N–H and O–H groups in total. The summed E-state index contributed by atoms with van der Waals surface area (Å²) in [6, 6.07) is 15.2. The maximum absolute atomic E-state index is 13.9. The molecule has 0 fully saturated rings. The van der Waals surface area contributed by atoms with Crippen LogP contribution in [-0.4, -0.2) is 44.3 Å². The van der Waals surface area contributed by atoms with Crippen LogP contribution in [0, 0.1) is 13.8 Å². The molecule has 208 valence electrons. The largest absolute Gasteiger partial charge is 0.355 e. The lowest BCUT2D eigenvalue weighted by Gasteiger charge is -2.32. The van der Waals surface area contributed by atoms with Crippen LogP contribution < -0.4 is 9.62 Å². The minimum Gasteiger partial charge on any atom is -0.355 e. The standard InChI is InChI=1S/C28H30Cl3N3O4S/c1-5-32-28(36)20(4)33(16-21-9-13-24(30)25(31)14-21)27(35)17-34(26-15-22(29)10-8-19(26)3)39(37,38)23-11-6-18(2)7-12-23/h6-15,20H,5,16-17H2,1-4H3,(H,32,36)/t20-/m1/s1. The molecule has 3 rings (SSSR count). The van der Waals surface area contributed by atoms with Crippen LogP contribution in [0.2, 0.25) is 15.1 Å². The summed E-state index contributed by atoms with van der Waals surface area (Å²) in [6.07, 6.45) is 0. The van der Waals surface area contributed by atoms with Crippen molar-refractivity contribution in [1.29, 1.82) is 0 Å². The van der Waals surface area contributed by atoms with Crippen molar-refractivity contribution >= 4 is 62.3 Å². The number of likely N-dealkylation sites (N-methyl/N-ethyl adjacent to an activating group) is 1. The van der Waals surface area contributed by atoms with Gasteiger partial charge in [0.25, 0.3) is 10.0 Å². The predicted molar refractivity (Wildman–Crippen MR) is 157 cm³/mol. The van der Waals surface area contributed by atoms with Gasteiger partial charge in [-0.3, -0.25) is 13.9 Å². The van der Waals surface area contributed by atoms with E-state index in [0.717, 1.165) is 9.87 Å². The van der Waals surface area contributed by atoms with E-state index in [1.807, 2.05) is 6.92 Å². The van der Waals surface area contributed by atoms with Gasteiger partial charge in [-0.1, -0.05) is 64.6 Å². The number of nitrogens with zero attached hydrogens (tertiary/aromatic N) is 2. The van der Waals surface area contributed by atoms with E-state index in [1.54, 1.807) is 63.2 Å². The second kappa shape index (κ2) is 13.0. The molecule has 0 aromatic heterocycles. The number of carbonyl (C=O) groups excluding carboxylic acids is 2. The number of halogens is 3. The highest BCUT2D eigenvalue weighted by molar-refractivity contribution is 7.92. The van der Waals surface area contributed by atoms with Crippen LogP contribution in [0.15, 0.2) is 65.6 Å². The van der Waals surface area contributed by atoms with E-state index in [1.165, 1.54) is 23.1 Å². The molecule has 0 bridgehead atoms. The van der Waals surface area contributed by atoms with Gasteiger partial charge < -0.3 is 10.2 Å². The van der Waals surface area contributed by atoms with E-state index in [2.05, 4.69) is 5.32 Å². The first-order valence-corrected chi connectivity index (χ1v) is 14.8. The summed E-state index contributed by atoms with van der Waals surface area (Å²) >= 11 is 18.5. The number of rotatable bonds is 10. The summed E-state index contributed by atoms with van der Waals surface area (Å²) in [6.45, 7) is 6.75. The summed E-state index contributed by atoms with van der Waals surface area (Å²) in [4.78, 5) is 28.1. The molecule has 39 heavy (non-hydrogen) atoms. The van der Waals surface area contributed by atoms with Crippen molar-refractivity contribution in [1.82, 2.24) is 10.2 Å². The molecule has 0 saturated heterocycles. The Morgan fingerprint density at radius 1 is 0.923 bits per heavy atom. The first-order valence-electron chi connectivity index (χ1n) is 12.2. The van der Waals surface area contributed by atoms with Crippen LogP contribution in [0.1, 0.15) is 30.5 Å². The van der Waals surface area contributed by atoms with E-state index in [4.69, 9.17) is 34.8 Å². The lowest BCUT2D eigenvalue weighted by atomic mass is 10.1. The van der Waals surface area contributed by atoms with Crippen molar-refractivity contribution in [3.63, 3.8) is 0 Å². The number of hydrogen-bond donors (Lipinski definition) is 1. The Morgan fingerprint density at radius 3 is 2.21 bits per heavy atom. The SMILES string of the molecule is CCNC(=O)[C@@H](C)N(Cc1ccc(Cl)c(Cl)c1)C(=O)CN(c1cc(Cl)ccc1C)S(=O)(=O)c1ccc(C)cc1. The molecule has 0 saturated carbocycles. The number of anilines is 1. The minimum atomic E-state index is -4.19. The Morgan fingerprint density at radius 2 is 1.59 bits per heavy atom. The lowest BCUT2D eigenvalue weighted by Crippen LogP contribution is -2.51. The molecule has 0 heterocycles. The van der Waals surface area contributed by atoms with E-state index in [-0.39, 0.29) is 23.0 Å². The van der Waals surface area contributed by atoms with Crippen LogP contribution in [0.5, 0.6) is 0 Å². The number of carbonyl (C=O) groups is 2. The van der Waals surface area contributed by atoms with Crippen molar-refractivity contribution in [2.45, 2.75) is 45.2 Å². The van der Waals surface area contributed by atoms with Gasteiger partial charge in [-0.25, -0.2) is 8.42 Å². The zero-order chi connectivity index (χ0) is 28.9. The van der Waals surface area contributed by atoms with E-state index in [9.17, 15) is 18.0 Å². The molecule has 0 radical (unpaired) electrons. The van der Waals surface area contributed by atoms with Gasteiger partial charge in [0.15, 0.2) is 0 Å². The number of nitrogens with one attached hydrogen (secondary N) is 1. The molecular formula is C28H30Cl3N3O4S. The smallest absolute Gasteiger partial charge is 0.264 e. The Hall–Kier alpha value is -2.78. The van der Waals surface area contributed by atoms with Crippen LogP contribution in [0.4, 0.5) is 5.69 Å². The fourth-order valence-electron chi connectivity index (χ4n) is 3.94. The van der Waals surface area contributed by atoms with Crippen molar-refractivity contribution < 1.29 is 18.0 Å². The third-order valence-electron chi connectivity index (χ3n) is 6.18. The molecule has 0 aliphatic rings. The van der Waals surface area contributed by atoms with Crippen LogP contribution in [0.25, 0.3) is 0 Å². The van der Waals surface area contributed by atoms with Crippen molar-refractivity contribution in [2.24, 2.45) is 0 Å². The highest BCUT2D eigenvalue weighted by atomic mass is 35.5. The normalized spacial score (nSPS) is 12.1. The average Bonchev–Trinajstić information content (AvgIpc) is 2.89. The third-order valence-corrected chi connectivity index (χ3v) is 8.93. The van der Waals surface area contributed by atoms with Crippen LogP contribution >= 0.6 is 34.8 Å². The molecule has 0 unspecified atom stereocenters. The fourth-order valence-corrected chi connectivity index (χ4v) is 5.90. The number of sulfonamides is 1. The lowest BCUT2D eigenvalue weighted by molar-refractivity contribution is -0.139. The van der Waals surface area contributed by atoms with Gasteiger partial charge in [0, 0.05) is 18.1 Å². The second-order valence-corrected chi connectivity index (χ2v) is 12.2. The van der Waals surface area contributed by atoms with Gasteiger partial charge in [0.05, 0.1) is 20.6 Å². The summed E-state index contributed by atoms with van der Waals surface area (Å²) in [7, 11) is -4.19. The Labute approximate surface area is 244 Å². The van der Waals surface area contributed by atoms with Gasteiger partial charge >= 0.3 is 0 Å². The molecule has 3 aromatic rings. The van der Waals surface area contributed by atoms with Crippen molar-refractivity contribution in [3.05, 3.63) is 92.4 Å². The molecule has 2 amide bonds. The zero-order valence-electron chi connectivity index (χ0n) is 22.0. The summed E-state index contributed by atoms with van der Waals surface area (Å²) in [5, 5.41) is 3.68. The van der Waals surface area contributed by atoms with Crippen molar-refractivity contribution in [3.8, 4) is 0 Å². The third kappa shape index (κ3) is 7.45. The molecule has 3 aromatic carbocycles. The van der Waals surface area contributed by atoms with Gasteiger partial charge in [-0.05, 0) is 75.2 Å². The van der Waals surface area contributed by atoms with Gasteiger partial charge in [-0.15, -0.1) is 0 Å². The number of aryl methyl sites for hydroxylation is 2. The summed E-state index contributed by atoms with van der Waals surface area (Å²) in [5.74, 6) is -0.965. The van der Waals surface area contributed by atoms with E-state index in [0.29, 0.717) is 32.7 Å². The van der Waals surface area contributed by atoms with Crippen LogP contribution in [0.3, 0.4) is 0 Å². The summed E-state index contributed by atoms with van der Waals surface area (Å²) in [5.41, 5.74) is 2.38. The first-order chi connectivity index (χ1) is 18.3. The quantitative estimate of drug-likeness (QED) is 0.305. The average molecular weight is 611 g/mol. The molecule has 0 aliphatic carbocycles. The molecular weight excluding hydrogens is 581 g/mol. The Bertz CT molecular complexity index is 1460. The molecule has 7 nitrogen and oxygen atoms in total. The van der Waals surface area contributed by atoms with E-state index < -0.39 is 28.5 Å².